The molecule has 19 heavy (non-hydrogen) atoms. The number of nitrogens with one attached hydrogen (secondary N) is 1. The van der Waals surface area contributed by atoms with Crippen molar-refractivity contribution in [3.8, 4) is 0 Å². The fourth-order valence-electron chi connectivity index (χ4n) is 1.75. The highest BCUT2D eigenvalue weighted by atomic mass is 16.5. The van der Waals surface area contributed by atoms with Crippen LogP contribution in [0.3, 0.4) is 0 Å². The van der Waals surface area contributed by atoms with E-state index in [0.717, 1.165) is 0 Å². The topological polar surface area (TPSA) is 84.7 Å². The molecule has 0 aromatic rings. The van der Waals surface area contributed by atoms with Gasteiger partial charge in [-0.1, -0.05) is 13.8 Å². The lowest BCUT2D eigenvalue weighted by Crippen LogP contribution is -2.50. The first-order chi connectivity index (χ1) is 8.84. The molecule has 6 heteroatoms. The summed E-state index contributed by atoms with van der Waals surface area (Å²) in [6, 6.07) is -0.600. The average Bonchev–Trinajstić information content (AvgIpc) is 2.36. The first-order valence-corrected chi connectivity index (χ1v) is 6.66. The SMILES string of the molecule is CCN(C(=O)CNC(=O)[C@@H](N)C(C)C)C(C)COC. The highest BCUT2D eigenvalue weighted by molar-refractivity contribution is 5.87. The standard InChI is InChI=1S/C13H27N3O3/c1-6-16(10(4)8-19-5)11(17)7-15-13(18)12(14)9(2)3/h9-10,12H,6-8,14H2,1-5H3,(H,15,18)/t10?,12-/m0/s1. The first kappa shape index (κ1) is 17.9. The van der Waals surface area contributed by atoms with Crippen LogP contribution in [-0.2, 0) is 14.3 Å². The molecule has 0 saturated heterocycles. The van der Waals surface area contributed by atoms with E-state index in [-0.39, 0.29) is 30.3 Å². The van der Waals surface area contributed by atoms with Crippen molar-refractivity contribution in [2.24, 2.45) is 11.7 Å². The molecule has 0 aliphatic heterocycles. The number of nitrogens with two attached hydrogens (primary N) is 1. The molecule has 0 rings (SSSR count). The Hall–Kier alpha value is -1.14. The zero-order valence-corrected chi connectivity index (χ0v) is 12.6. The Balaban J connectivity index is 4.32. The van der Waals surface area contributed by atoms with Crippen LogP contribution < -0.4 is 11.1 Å². The molecule has 0 aromatic carbocycles. The summed E-state index contributed by atoms with van der Waals surface area (Å²) >= 11 is 0. The van der Waals surface area contributed by atoms with Gasteiger partial charge in [0, 0.05) is 13.7 Å². The molecule has 112 valence electrons. The quantitative estimate of drug-likeness (QED) is 0.650. The number of amides is 2. The minimum Gasteiger partial charge on any atom is -0.383 e. The van der Waals surface area contributed by atoms with Crippen LogP contribution in [0.5, 0.6) is 0 Å². The number of carbonyl (C=O) groups is 2. The summed E-state index contributed by atoms with van der Waals surface area (Å²) in [5.74, 6) is -0.375. The van der Waals surface area contributed by atoms with Gasteiger partial charge >= 0.3 is 0 Å². The van der Waals surface area contributed by atoms with Gasteiger partial charge in [0.25, 0.3) is 0 Å². The molecular formula is C13H27N3O3. The van der Waals surface area contributed by atoms with Crippen molar-refractivity contribution >= 4 is 11.8 Å². The number of likely N-dealkylation sites (N-methyl/N-ethyl adjacent to an activating group) is 1. The van der Waals surface area contributed by atoms with Crippen LogP contribution in [-0.4, -0.2) is 55.6 Å². The molecule has 1 unspecified atom stereocenters. The normalized spacial score (nSPS) is 14.1. The van der Waals surface area contributed by atoms with Gasteiger partial charge in [-0.15, -0.1) is 0 Å². The largest absolute Gasteiger partial charge is 0.383 e. The summed E-state index contributed by atoms with van der Waals surface area (Å²) in [5, 5.41) is 2.58. The highest BCUT2D eigenvalue weighted by Crippen LogP contribution is 2.01. The number of hydrogen-bond acceptors (Lipinski definition) is 4. The lowest BCUT2D eigenvalue weighted by molar-refractivity contribution is -0.135. The van der Waals surface area contributed by atoms with E-state index in [1.807, 2.05) is 27.7 Å². The van der Waals surface area contributed by atoms with Gasteiger partial charge in [-0.25, -0.2) is 0 Å². The summed E-state index contributed by atoms with van der Waals surface area (Å²) in [6.07, 6.45) is 0. The number of ether oxygens (including phenoxy) is 1. The molecule has 0 aromatic heterocycles. The minimum atomic E-state index is -0.584. The summed E-state index contributed by atoms with van der Waals surface area (Å²) in [6.45, 7) is 8.56. The van der Waals surface area contributed by atoms with E-state index in [0.29, 0.717) is 13.2 Å². The molecule has 0 heterocycles. The molecule has 2 amide bonds. The van der Waals surface area contributed by atoms with Crippen molar-refractivity contribution < 1.29 is 14.3 Å². The maximum absolute atomic E-state index is 12.0. The third kappa shape index (κ3) is 6.02. The molecule has 0 bridgehead atoms. The molecule has 0 aliphatic rings. The fourth-order valence-corrected chi connectivity index (χ4v) is 1.75. The Bertz CT molecular complexity index is 295. The maximum atomic E-state index is 12.0. The van der Waals surface area contributed by atoms with Crippen LogP contribution in [0.1, 0.15) is 27.7 Å². The van der Waals surface area contributed by atoms with E-state index >= 15 is 0 Å². The van der Waals surface area contributed by atoms with Crippen LogP contribution in [0.25, 0.3) is 0 Å². The van der Waals surface area contributed by atoms with Gasteiger partial charge in [0.05, 0.1) is 25.2 Å². The number of rotatable bonds is 8. The van der Waals surface area contributed by atoms with Gasteiger partial charge in [0.1, 0.15) is 0 Å². The lowest BCUT2D eigenvalue weighted by Gasteiger charge is -2.28. The molecular weight excluding hydrogens is 246 g/mol. The summed E-state index contributed by atoms with van der Waals surface area (Å²) in [4.78, 5) is 25.3. The predicted octanol–water partition coefficient (Wildman–Crippen LogP) is -0.0307. The van der Waals surface area contributed by atoms with Crippen molar-refractivity contribution in [3.05, 3.63) is 0 Å². The van der Waals surface area contributed by atoms with Gasteiger partial charge in [-0.2, -0.15) is 0 Å². The Morgan fingerprint density at radius 2 is 1.89 bits per heavy atom. The molecule has 0 spiro atoms. The Kier molecular flexibility index (Phi) is 8.34. The lowest BCUT2D eigenvalue weighted by atomic mass is 10.1. The number of nitrogens with zero attached hydrogens (tertiary/aromatic N) is 1. The van der Waals surface area contributed by atoms with E-state index in [2.05, 4.69) is 5.32 Å². The van der Waals surface area contributed by atoms with E-state index in [1.165, 1.54) is 0 Å². The van der Waals surface area contributed by atoms with Gasteiger partial charge in [-0.05, 0) is 19.8 Å². The third-order valence-corrected chi connectivity index (χ3v) is 3.04. The maximum Gasteiger partial charge on any atom is 0.242 e. The summed E-state index contributed by atoms with van der Waals surface area (Å²) in [7, 11) is 1.60. The molecule has 0 radical (unpaired) electrons. The Morgan fingerprint density at radius 1 is 1.32 bits per heavy atom. The predicted molar refractivity (Wildman–Crippen MR) is 74.5 cm³/mol. The van der Waals surface area contributed by atoms with Crippen LogP contribution in [0.15, 0.2) is 0 Å². The molecule has 0 aliphatic carbocycles. The van der Waals surface area contributed by atoms with Gasteiger partial charge < -0.3 is 20.7 Å². The van der Waals surface area contributed by atoms with Crippen LogP contribution in [0, 0.1) is 5.92 Å². The fraction of sp³-hybridized carbons (Fsp3) is 0.846. The zero-order valence-electron chi connectivity index (χ0n) is 12.6. The summed E-state index contributed by atoms with van der Waals surface area (Å²) in [5.41, 5.74) is 5.71. The zero-order chi connectivity index (χ0) is 15.0. The second-order valence-electron chi connectivity index (χ2n) is 4.97. The van der Waals surface area contributed by atoms with Gasteiger partial charge in [0.15, 0.2) is 0 Å². The molecule has 3 N–H and O–H groups in total. The Morgan fingerprint density at radius 3 is 2.32 bits per heavy atom. The van der Waals surface area contributed by atoms with Crippen LogP contribution in [0.4, 0.5) is 0 Å². The third-order valence-electron chi connectivity index (χ3n) is 3.04. The van der Waals surface area contributed by atoms with E-state index < -0.39 is 6.04 Å². The van der Waals surface area contributed by atoms with Crippen molar-refractivity contribution in [1.29, 1.82) is 0 Å². The minimum absolute atomic E-state index is 0.0156. The van der Waals surface area contributed by atoms with Crippen molar-refractivity contribution in [2.45, 2.75) is 39.8 Å². The number of hydrogen-bond donors (Lipinski definition) is 2. The second kappa shape index (κ2) is 8.87. The van der Waals surface area contributed by atoms with Crippen molar-refractivity contribution in [2.75, 3.05) is 26.8 Å². The van der Waals surface area contributed by atoms with Crippen LogP contribution >= 0.6 is 0 Å². The summed E-state index contributed by atoms with van der Waals surface area (Å²) < 4.78 is 5.03. The number of carbonyl (C=O) groups excluding carboxylic acids is 2. The first-order valence-electron chi connectivity index (χ1n) is 6.66. The van der Waals surface area contributed by atoms with E-state index in [4.69, 9.17) is 10.5 Å². The van der Waals surface area contributed by atoms with Gasteiger partial charge in [0.2, 0.25) is 11.8 Å². The second-order valence-corrected chi connectivity index (χ2v) is 4.97. The smallest absolute Gasteiger partial charge is 0.242 e. The van der Waals surface area contributed by atoms with E-state index in [9.17, 15) is 9.59 Å². The highest BCUT2D eigenvalue weighted by Gasteiger charge is 2.21. The molecule has 6 nitrogen and oxygen atoms in total. The van der Waals surface area contributed by atoms with Crippen molar-refractivity contribution in [3.63, 3.8) is 0 Å². The van der Waals surface area contributed by atoms with Crippen molar-refractivity contribution in [1.82, 2.24) is 10.2 Å². The van der Waals surface area contributed by atoms with E-state index in [1.54, 1.807) is 12.0 Å². The Labute approximate surface area is 115 Å². The number of methoxy groups -OCH3 is 1. The monoisotopic (exact) mass is 273 g/mol. The van der Waals surface area contributed by atoms with Gasteiger partial charge in [-0.3, -0.25) is 9.59 Å². The molecule has 2 atom stereocenters. The molecule has 0 fully saturated rings. The van der Waals surface area contributed by atoms with Crippen LogP contribution in [0.2, 0.25) is 0 Å². The average molecular weight is 273 g/mol. The molecule has 0 saturated carbocycles.